The molecule has 2 aromatic heterocycles. The Kier molecular flexibility index (Phi) is 12.6. The zero-order valence-corrected chi connectivity index (χ0v) is 33.0. The van der Waals surface area contributed by atoms with Crippen LogP contribution in [0.25, 0.3) is 15.9 Å². The normalized spacial score (nSPS) is 15.7. The van der Waals surface area contributed by atoms with Crippen LogP contribution in [0.5, 0.6) is 0 Å². The summed E-state index contributed by atoms with van der Waals surface area (Å²) >= 11 is 6.76. The molecular formula is C40H44N10O4S2. The molecule has 0 spiro atoms. The summed E-state index contributed by atoms with van der Waals surface area (Å²) in [7, 11) is 1.56. The van der Waals surface area contributed by atoms with Crippen molar-refractivity contribution in [2.75, 3.05) is 39.0 Å². The number of hydrogen-bond donors (Lipinski definition) is 6. The van der Waals surface area contributed by atoms with Crippen molar-refractivity contribution in [3.8, 4) is 0 Å². The lowest BCUT2D eigenvalue weighted by atomic mass is 9.95. The van der Waals surface area contributed by atoms with Gasteiger partial charge in [-0.25, -0.2) is 4.98 Å². The molecular weight excluding hydrogens is 749 g/mol. The molecule has 2 aliphatic heterocycles. The number of amides is 4. The van der Waals surface area contributed by atoms with E-state index in [1.165, 1.54) is 11.3 Å². The molecule has 1 unspecified atom stereocenters. The highest BCUT2D eigenvalue weighted by molar-refractivity contribution is 7.80. The van der Waals surface area contributed by atoms with Crippen LogP contribution < -0.4 is 27.0 Å². The smallest absolute Gasteiger partial charge is 0.301 e. The van der Waals surface area contributed by atoms with E-state index in [0.717, 1.165) is 29.0 Å². The van der Waals surface area contributed by atoms with Gasteiger partial charge in [-0.15, -0.1) is 11.3 Å². The fourth-order valence-electron chi connectivity index (χ4n) is 6.54. The number of thiocarbonyl (C=S) groups is 1. The van der Waals surface area contributed by atoms with E-state index in [0.29, 0.717) is 70.3 Å². The molecule has 290 valence electrons. The minimum atomic E-state index is -0.613. The fraction of sp³-hybridized carbons (Fsp3) is 0.300. The first-order chi connectivity index (χ1) is 27.0. The summed E-state index contributed by atoms with van der Waals surface area (Å²) in [6.45, 7) is 6.46. The number of aromatic nitrogens is 1. The average molecular weight is 793 g/mol. The number of pyridine rings is 1. The number of rotatable bonds is 12. The van der Waals surface area contributed by atoms with Crippen molar-refractivity contribution in [1.29, 1.82) is 5.41 Å². The summed E-state index contributed by atoms with van der Waals surface area (Å²) in [4.78, 5) is 59.2. The Balaban J connectivity index is 0.948. The van der Waals surface area contributed by atoms with E-state index < -0.39 is 5.91 Å². The lowest BCUT2D eigenvalue weighted by Crippen LogP contribution is -2.43. The number of fused-ring (bicyclic) bond motifs is 1. The third-order valence-electron chi connectivity index (χ3n) is 9.71. The summed E-state index contributed by atoms with van der Waals surface area (Å²) < 4.78 is 0. The van der Waals surface area contributed by atoms with Crippen LogP contribution in [-0.4, -0.2) is 88.3 Å². The number of likely N-dealkylation sites (tertiary alicyclic amines) is 1. The van der Waals surface area contributed by atoms with Gasteiger partial charge in [0, 0.05) is 48.3 Å². The SMILES string of the molecule is CC/C=C(\NC(=S)N1N=C(c2ccccc2)C(=N)C1=O)c1ccc(C(=O)NCCN2CCC(C(=O)NC(C)c3ccc4c(N)c(C(=O)NC)sc4n3)CC2)cc1. The maximum absolute atomic E-state index is 13.2. The second kappa shape index (κ2) is 17.7. The number of thiophene rings is 1. The molecule has 4 amide bonds. The summed E-state index contributed by atoms with van der Waals surface area (Å²) in [5.74, 6) is -1.21. The lowest BCUT2D eigenvalue weighted by molar-refractivity contribution is -0.127. The van der Waals surface area contributed by atoms with Gasteiger partial charge in [0.2, 0.25) is 11.0 Å². The summed E-state index contributed by atoms with van der Waals surface area (Å²) in [5.41, 5.74) is 9.86. The van der Waals surface area contributed by atoms with Crippen LogP contribution in [0.4, 0.5) is 5.69 Å². The molecule has 0 aliphatic carbocycles. The standard InChI is InChI=1S/C40H44N10O4S2/c1-4-8-30(47-40(55)50-39(54)32(42)33(48-50)25-9-6-5-7-10-25)24-11-13-26(14-12-24)35(51)44-19-22-49-20-17-27(18-21-49)36(52)45-23(2)29-16-15-28-31(41)34(37(53)43-3)56-38(28)46-29/h5-16,23,27,42H,4,17-22,41H2,1-3H3,(H,43,53)(H,44,51)(H,45,52)(H,47,55)/b30-8-,42-32?. The van der Waals surface area contributed by atoms with Gasteiger partial charge in [-0.2, -0.15) is 10.1 Å². The summed E-state index contributed by atoms with van der Waals surface area (Å²) in [6, 6.07) is 19.5. The number of nitrogen functional groups attached to an aromatic ring is 1. The highest BCUT2D eigenvalue weighted by atomic mass is 32.1. The van der Waals surface area contributed by atoms with E-state index in [-0.39, 0.29) is 46.2 Å². The molecule has 56 heavy (non-hydrogen) atoms. The number of hydrogen-bond acceptors (Lipinski definition) is 11. The third kappa shape index (κ3) is 8.83. The monoisotopic (exact) mass is 792 g/mol. The van der Waals surface area contributed by atoms with Crippen LogP contribution in [0.15, 0.2) is 77.9 Å². The van der Waals surface area contributed by atoms with E-state index in [2.05, 4.69) is 36.3 Å². The van der Waals surface area contributed by atoms with Crippen molar-refractivity contribution in [2.24, 2.45) is 11.0 Å². The second-order valence-corrected chi connectivity index (χ2v) is 14.8. The second-order valence-electron chi connectivity index (χ2n) is 13.5. The Labute approximate surface area is 334 Å². The first kappa shape index (κ1) is 39.8. The number of carbonyl (C=O) groups is 4. The molecule has 16 heteroatoms. The molecule has 2 aliphatic rings. The number of nitrogens with two attached hydrogens (primary N) is 1. The highest BCUT2D eigenvalue weighted by Crippen LogP contribution is 2.33. The maximum Gasteiger partial charge on any atom is 0.301 e. The molecule has 1 fully saturated rings. The van der Waals surface area contributed by atoms with Gasteiger partial charge in [0.25, 0.3) is 11.8 Å². The van der Waals surface area contributed by atoms with Crippen LogP contribution in [0, 0.1) is 11.3 Å². The first-order valence-corrected chi connectivity index (χ1v) is 19.6. The van der Waals surface area contributed by atoms with E-state index in [1.54, 1.807) is 31.3 Å². The number of nitrogens with zero attached hydrogens (tertiary/aromatic N) is 4. The van der Waals surface area contributed by atoms with E-state index in [1.807, 2.05) is 62.4 Å². The number of hydrazone groups is 1. The fourth-order valence-corrected chi connectivity index (χ4v) is 7.82. The molecule has 4 aromatic rings. The predicted molar refractivity (Wildman–Crippen MR) is 223 cm³/mol. The zero-order valence-electron chi connectivity index (χ0n) is 31.3. The molecule has 2 aromatic carbocycles. The van der Waals surface area contributed by atoms with Crippen molar-refractivity contribution >= 4 is 85.3 Å². The topological polar surface area (TPSA) is 198 Å². The van der Waals surface area contributed by atoms with Gasteiger partial charge in [-0.05, 0) is 81.3 Å². The minimum absolute atomic E-state index is 0.0164. The van der Waals surface area contributed by atoms with Crippen molar-refractivity contribution in [1.82, 2.24) is 36.2 Å². The molecule has 1 atom stereocenters. The van der Waals surface area contributed by atoms with Gasteiger partial charge >= 0.3 is 5.91 Å². The first-order valence-electron chi connectivity index (χ1n) is 18.4. The van der Waals surface area contributed by atoms with Crippen LogP contribution in [0.1, 0.15) is 76.0 Å². The Morgan fingerprint density at radius 2 is 1.73 bits per heavy atom. The van der Waals surface area contributed by atoms with Gasteiger partial charge in [0.05, 0.1) is 17.4 Å². The summed E-state index contributed by atoms with van der Waals surface area (Å²) in [6.07, 6.45) is 4.02. The van der Waals surface area contributed by atoms with Gasteiger partial charge in [-0.3, -0.25) is 24.6 Å². The van der Waals surface area contributed by atoms with Crippen LogP contribution in [0.3, 0.4) is 0 Å². The molecule has 7 N–H and O–H groups in total. The third-order valence-corrected chi connectivity index (χ3v) is 11.1. The quantitative estimate of drug-likeness (QED) is 0.112. The molecule has 0 radical (unpaired) electrons. The number of allylic oxidation sites excluding steroid dienone is 1. The Hall–Kier alpha value is -5.84. The number of anilines is 1. The van der Waals surface area contributed by atoms with Crippen LogP contribution in [0.2, 0.25) is 0 Å². The van der Waals surface area contributed by atoms with Crippen molar-refractivity contribution in [2.45, 2.75) is 39.2 Å². The zero-order chi connectivity index (χ0) is 39.9. The van der Waals surface area contributed by atoms with E-state index in [9.17, 15) is 19.2 Å². The largest absolute Gasteiger partial charge is 0.397 e. The van der Waals surface area contributed by atoms with E-state index in [4.69, 9.17) is 23.4 Å². The number of nitrogens with one attached hydrogen (secondary N) is 5. The molecule has 14 nitrogen and oxygen atoms in total. The maximum atomic E-state index is 13.2. The van der Waals surface area contributed by atoms with Gasteiger partial charge in [0.1, 0.15) is 15.4 Å². The van der Waals surface area contributed by atoms with Crippen molar-refractivity contribution in [3.05, 3.63) is 100 Å². The number of piperidine rings is 1. The molecule has 4 heterocycles. The predicted octanol–water partition coefficient (Wildman–Crippen LogP) is 4.45. The Morgan fingerprint density at radius 1 is 1.04 bits per heavy atom. The Morgan fingerprint density at radius 3 is 2.41 bits per heavy atom. The number of carbonyl (C=O) groups excluding carboxylic acids is 4. The van der Waals surface area contributed by atoms with Gasteiger partial charge in [-0.1, -0.05) is 55.5 Å². The lowest BCUT2D eigenvalue weighted by Gasteiger charge is -2.31. The minimum Gasteiger partial charge on any atom is -0.397 e. The Bertz CT molecular complexity index is 2230. The van der Waals surface area contributed by atoms with Gasteiger partial charge in [0.15, 0.2) is 5.71 Å². The summed E-state index contributed by atoms with van der Waals surface area (Å²) in [5, 5.41) is 26.2. The average Bonchev–Trinajstić information content (AvgIpc) is 3.71. The molecule has 0 saturated carbocycles. The molecule has 6 rings (SSSR count). The van der Waals surface area contributed by atoms with Crippen molar-refractivity contribution < 1.29 is 19.2 Å². The van der Waals surface area contributed by atoms with Crippen molar-refractivity contribution in [3.63, 3.8) is 0 Å². The number of benzene rings is 2. The van der Waals surface area contributed by atoms with Gasteiger partial charge < -0.3 is 31.9 Å². The molecule has 1 saturated heterocycles. The molecule has 0 bridgehead atoms. The highest BCUT2D eigenvalue weighted by Gasteiger charge is 2.34. The van der Waals surface area contributed by atoms with Crippen LogP contribution >= 0.6 is 23.6 Å². The van der Waals surface area contributed by atoms with Crippen LogP contribution in [-0.2, 0) is 9.59 Å². The van der Waals surface area contributed by atoms with E-state index >= 15 is 0 Å².